The first-order chi connectivity index (χ1) is 8.58. The van der Waals surface area contributed by atoms with Crippen LogP contribution in [0.1, 0.15) is 33.1 Å². The number of amides is 2. The maximum Gasteiger partial charge on any atom is 0.315 e. The second kappa shape index (κ2) is 8.14. The van der Waals surface area contributed by atoms with Gasteiger partial charge in [-0.2, -0.15) is 0 Å². The Morgan fingerprint density at radius 2 is 2.22 bits per heavy atom. The fourth-order valence-corrected chi connectivity index (χ4v) is 2.29. The molecule has 0 aromatic carbocycles. The summed E-state index contributed by atoms with van der Waals surface area (Å²) < 4.78 is 0. The molecule has 1 aliphatic heterocycles. The van der Waals surface area contributed by atoms with Gasteiger partial charge in [0, 0.05) is 19.6 Å². The van der Waals surface area contributed by atoms with E-state index in [0.717, 1.165) is 31.0 Å². The third kappa shape index (κ3) is 6.64. The molecule has 18 heavy (non-hydrogen) atoms. The zero-order valence-corrected chi connectivity index (χ0v) is 11.8. The Morgan fingerprint density at radius 1 is 1.44 bits per heavy atom. The molecule has 0 spiro atoms. The van der Waals surface area contributed by atoms with Crippen LogP contribution in [-0.4, -0.2) is 43.7 Å². The monoisotopic (exact) mass is 253 g/mol. The van der Waals surface area contributed by atoms with E-state index in [1.807, 2.05) is 6.92 Å². The maximum absolute atomic E-state index is 11.4. The molecule has 1 fully saturated rings. The molecule has 1 aliphatic rings. The summed E-state index contributed by atoms with van der Waals surface area (Å²) in [4.78, 5) is 13.9. The SMILES string of the molecule is C=C(C)CNC(=O)NCCCN1CCC[C@@H](C)C1. The number of hydrogen-bond donors (Lipinski definition) is 2. The highest BCUT2D eigenvalue weighted by molar-refractivity contribution is 5.73. The maximum atomic E-state index is 11.4. The van der Waals surface area contributed by atoms with Gasteiger partial charge in [-0.05, 0) is 45.2 Å². The van der Waals surface area contributed by atoms with E-state index in [1.54, 1.807) is 0 Å². The fraction of sp³-hybridized carbons (Fsp3) is 0.786. The number of hydrogen-bond acceptors (Lipinski definition) is 2. The highest BCUT2D eigenvalue weighted by atomic mass is 16.2. The van der Waals surface area contributed by atoms with Gasteiger partial charge in [0.05, 0.1) is 0 Å². The molecule has 0 aromatic rings. The van der Waals surface area contributed by atoms with Gasteiger partial charge in [-0.25, -0.2) is 4.79 Å². The van der Waals surface area contributed by atoms with Crippen molar-refractivity contribution in [1.29, 1.82) is 0 Å². The summed E-state index contributed by atoms with van der Waals surface area (Å²) in [6.45, 7) is 12.8. The van der Waals surface area contributed by atoms with Crippen LogP contribution in [0.5, 0.6) is 0 Å². The van der Waals surface area contributed by atoms with Gasteiger partial charge in [0.15, 0.2) is 0 Å². The molecule has 4 heteroatoms. The first-order valence-corrected chi connectivity index (χ1v) is 6.96. The molecule has 0 radical (unpaired) electrons. The molecule has 2 amide bonds. The van der Waals surface area contributed by atoms with Crippen LogP contribution < -0.4 is 10.6 Å². The highest BCUT2D eigenvalue weighted by Gasteiger charge is 2.15. The lowest BCUT2D eigenvalue weighted by atomic mass is 10.0. The van der Waals surface area contributed by atoms with Crippen LogP contribution in [0.3, 0.4) is 0 Å². The van der Waals surface area contributed by atoms with Crippen LogP contribution in [0.2, 0.25) is 0 Å². The predicted molar refractivity (Wildman–Crippen MR) is 75.7 cm³/mol. The topological polar surface area (TPSA) is 44.4 Å². The van der Waals surface area contributed by atoms with Crippen molar-refractivity contribution in [3.63, 3.8) is 0 Å². The van der Waals surface area contributed by atoms with E-state index in [1.165, 1.54) is 25.9 Å². The molecular weight excluding hydrogens is 226 g/mol. The normalized spacial score (nSPS) is 20.4. The molecule has 0 saturated carbocycles. The van der Waals surface area contributed by atoms with E-state index in [4.69, 9.17) is 0 Å². The number of carbonyl (C=O) groups is 1. The molecule has 0 aromatic heterocycles. The molecule has 2 N–H and O–H groups in total. The molecule has 1 atom stereocenters. The Bertz CT molecular complexity index is 278. The fourth-order valence-electron chi connectivity index (χ4n) is 2.29. The molecule has 0 bridgehead atoms. The van der Waals surface area contributed by atoms with Gasteiger partial charge in [-0.1, -0.05) is 19.1 Å². The Balaban J connectivity index is 2.00. The van der Waals surface area contributed by atoms with Crippen LogP contribution in [0, 0.1) is 5.92 Å². The molecule has 104 valence electrons. The van der Waals surface area contributed by atoms with Gasteiger partial charge < -0.3 is 15.5 Å². The van der Waals surface area contributed by atoms with Crippen LogP contribution in [0.15, 0.2) is 12.2 Å². The first kappa shape index (κ1) is 15.0. The van der Waals surface area contributed by atoms with Crippen molar-refractivity contribution >= 4 is 6.03 Å². The van der Waals surface area contributed by atoms with Gasteiger partial charge in [-0.15, -0.1) is 0 Å². The van der Waals surface area contributed by atoms with Crippen LogP contribution in [0.4, 0.5) is 4.79 Å². The van der Waals surface area contributed by atoms with Gasteiger partial charge in [0.1, 0.15) is 0 Å². The third-order valence-corrected chi connectivity index (χ3v) is 3.23. The number of urea groups is 1. The highest BCUT2D eigenvalue weighted by Crippen LogP contribution is 2.15. The molecule has 0 unspecified atom stereocenters. The molecule has 1 rings (SSSR count). The summed E-state index contributed by atoms with van der Waals surface area (Å²) >= 11 is 0. The minimum atomic E-state index is -0.0926. The molecule has 1 saturated heterocycles. The summed E-state index contributed by atoms with van der Waals surface area (Å²) in [5, 5.41) is 5.64. The quantitative estimate of drug-likeness (QED) is 0.561. The van der Waals surface area contributed by atoms with Crippen LogP contribution >= 0.6 is 0 Å². The second-order valence-corrected chi connectivity index (χ2v) is 5.47. The lowest BCUT2D eigenvalue weighted by Gasteiger charge is -2.30. The van der Waals surface area contributed by atoms with Crippen molar-refractivity contribution in [2.45, 2.75) is 33.1 Å². The average molecular weight is 253 g/mol. The number of nitrogens with one attached hydrogen (secondary N) is 2. The van der Waals surface area contributed by atoms with Crippen molar-refractivity contribution in [2.75, 3.05) is 32.7 Å². The lowest BCUT2D eigenvalue weighted by Crippen LogP contribution is -2.39. The average Bonchev–Trinajstić information content (AvgIpc) is 2.32. The summed E-state index contributed by atoms with van der Waals surface area (Å²) in [7, 11) is 0. The molecular formula is C14H27N3O. The lowest BCUT2D eigenvalue weighted by molar-refractivity contribution is 0.181. The first-order valence-electron chi connectivity index (χ1n) is 6.96. The van der Waals surface area contributed by atoms with E-state index in [-0.39, 0.29) is 6.03 Å². The number of nitrogens with zero attached hydrogens (tertiary/aromatic N) is 1. The van der Waals surface area contributed by atoms with Gasteiger partial charge in [-0.3, -0.25) is 0 Å². The second-order valence-electron chi connectivity index (χ2n) is 5.47. The zero-order valence-electron chi connectivity index (χ0n) is 11.8. The van der Waals surface area contributed by atoms with Gasteiger partial charge >= 0.3 is 6.03 Å². The standard InChI is InChI=1S/C14H27N3O/c1-12(2)10-16-14(18)15-7-5-9-17-8-4-6-13(3)11-17/h13H,1,4-11H2,2-3H3,(H2,15,16,18)/t13-/m1/s1. The van der Waals surface area contributed by atoms with Crippen LogP contribution in [0.25, 0.3) is 0 Å². The van der Waals surface area contributed by atoms with E-state index >= 15 is 0 Å². The summed E-state index contributed by atoms with van der Waals surface area (Å²) in [6.07, 6.45) is 3.69. The van der Waals surface area contributed by atoms with E-state index in [2.05, 4.69) is 29.0 Å². The Morgan fingerprint density at radius 3 is 2.89 bits per heavy atom. The third-order valence-electron chi connectivity index (χ3n) is 3.23. The minimum absolute atomic E-state index is 0.0926. The van der Waals surface area contributed by atoms with E-state index in [9.17, 15) is 4.79 Å². The van der Waals surface area contributed by atoms with E-state index < -0.39 is 0 Å². The van der Waals surface area contributed by atoms with Gasteiger partial charge in [0.25, 0.3) is 0 Å². The minimum Gasteiger partial charge on any atom is -0.338 e. The molecule has 4 nitrogen and oxygen atoms in total. The summed E-state index contributed by atoms with van der Waals surface area (Å²) in [6, 6.07) is -0.0926. The van der Waals surface area contributed by atoms with Gasteiger partial charge in [0.2, 0.25) is 0 Å². The predicted octanol–water partition coefficient (Wildman–Crippen LogP) is 1.98. The Hall–Kier alpha value is -1.03. The number of likely N-dealkylation sites (tertiary alicyclic amines) is 1. The smallest absolute Gasteiger partial charge is 0.315 e. The summed E-state index contributed by atoms with van der Waals surface area (Å²) in [5.41, 5.74) is 0.965. The Labute approximate surface area is 111 Å². The zero-order chi connectivity index (χ0) is 13.4. The van der Waals surface area contributed by atoms with Crippen LogP contribution in [-0.2, 0) is 0 Å². The van der Waals surface area contributed by atoms with Crippen molar-refractivity contribution in [3.8, 4) is 0 Å². The van der Waals surface area contributed by atoms with Crippen molar-refractivity contribution in [3.05, 3.63) is 12.2 Å². The van der Waals surface area contributed by atoms with Crippen molar-refractivity contribution in [1.82, 2.24) is 15.5 Å². The number of rotatable bonds is 6. The summed E-state index contributed by atoms with van der Waals surface area (Å²) in [5.74, 6) is 0.825. The molecule has 1 heterocycles. The Kier molecular flexibility index (Phi) is 6.80. The number of piperidine rings is 1. The van der Waals surface area contributed by atoms with Crippen molar-refractivity contribution < 1.29 is 4.79 Å². The van der Waals surface area contributed by atoms with Crippen molar-refractivity contribution in [2.24, 2.45) is 5.92 Å². The number of carbonyl (C=O) groups excluding carboxylic acids is 1. The molecule has 0 aliphatic carbocycles. The van der Waals surface area contributed by atoms with E-state index in [0.29, 0.717) is 6.54 Å². The largest absolute Gasteiger partial charge is 0.338 e.